The van der Waals surface area contributed by atoms with Crippen molar-refractivity contribution >= 4 is 11.6 Å². The Morgan fingerprint density at radius 1 is 1.05 bits per heavy atom. The standard InChI is InChI=1S/C17H17ClFN/c18-16-7-3-2-6-15(16)13-9-14(10-13)20-11-12-5-1-4-8-17(12)19/h1-8,13-14,20H,9-11H2. The van der Waals surface area contributed by atoms with Crippen molar-refractivity contribution < 1.29 is 4.39 Å². The zero-order valence-corrected chi connectivity index (χ0v) is 11.9. The van der Waals surface area contributed by atoms with E-state index in [0.717, 1.165) is 23.4 Å². The van der Waals surface area contributed by atoms with Gasteiger partial charge in [-0.1, -0.05) is 48.0 Å². The highest BCUT2D eigenvalue weighted by atomic mass is 35.5. The molecule has 0 spiro atoms. The summed E-state index contributed by atoms with van der Waals surface area (Å²) in [6.07, 6.45) is 2.14. The van der Waals surface area contributed by atoms with E-state index in [1.807, 2.05) is 30.3 Å². The molecule has 0 bridgehead atoms. The van der Waals surface area contributed by atoms with Crippen LogP contribution in [0.4, 0.5) is 4.39 Å². The second-order valence-corrected chi connectivity index (χ2v) is 5.77. The molecule has 0 aliphatic heterocycles. The lowest BCUT2D eigenvalue weighted by atomic mass is 9.76. The van der Waals surface area contributed by atoms with E-state index in [1.54, 1.807) is 6.07 Å². The number of rotatable bonds is 4. The van der Waals surface area contributed by atoms with Gasteiger partial charge in [-0.25, -0.2) is 4.39 Å². The first-order chi connectivity index (χ1) is 9.74. The first kappa shape index (κ1) is 13.6. The summed E-state index contributed by atoms with van der Waals surface area (Å²) in [5, 5.41) is 4.26. The molecule has 1 aliphatic rings. The normalized spacial score (nSPS) is 21.5. The van der Waals surface area contributed by atoms with Crippen LogP contribution in [0.3, 0.4) is 0 Å². The van der Waals surface area contributed by atoms with Crippen molar-refractivity contribution in [2.75, 3.05) is 0 Å². The second kappa shape index (κ2) is 5.94. The molecule has 0 saturated heterocycles. The maximum absolute atomic E-state index is 13.5. The third-order valence-electron chi connectivity index (χ3n) is 4.02. The number of halogens is 2. The second-order valence-electron chi connectivity index (χ2n) is 5.36. The van der Waals surface area contributed by atoms with Gasteiger partial charge in [-0.3, -0.25) is 0 Å². The average Bonchev–Trinajstić information content (AvgIpc) is 2.41. The number of benzene rings is 2. The van der Waals surface area contributed by atoms with Crippen molar-refractivity contribution in [3.63, 3.8) is 0 Å². The van der Waals surface area contributed by atoms with Gasteiger partial charge in [0.05, 0.1) is 0 Å². The summed E-state index contributed by atoms with van der Waals surface area (Å²) >= 11 is 6.20. The fraction of sp³-hybridized carbons (Fsp3) is 0.294. The van der Waals surface area contributed by atoms with Crippen molar-refractivity contribution in [1.82, 2.24) is 5.32 Å². The Morgan fingerprint density at radius 3 is 2.50 bits per heavy atom. The average molecular weight is 290 g/mol. The van der Waals surface area contributed by atoms with E-state index in [9.17, 15) is 4.39 Å². The molecule has 0 unspecified atom stereocenters. The third-order valence-corrected chi connectivity index (χ3v) is 4.37. The fourth-order valence-electron chi connectivity index (χ4n) is 2.74. The van der Waals surface area contributed by atoms with E-state index < -0.39 is 0 Å². The molecule has 104 valence electrons. The minimum absolute atomic E-state index is 0.137. The van der Waals surface area contributed by atoms with E-state index in [-0.39, 0.29) is 5.82 Å². The van der Waals surface area contributed by atoms with Gasteiger partial charge in [0, 0.05) is 23.2 Å². The lowest BCUT2D eigenvalue weighted by Crippen LogP contribution is -2.39. The zero-order valence-electron chi connectivity index (χ0n) is 11.2. The van der Waals surface area contributed by atoms with Gasteiger partial charge in [0.15, 0.2) is 0 Å². The summed E-state index contributed by atoms with van der Waals surface area (Å²) in [5.74, 6) is 0.392. The van der Waals surface area contributed by atoms with Crippen molar-refractivity contribution in [2.24, 2.45) is 0 Å². The Kier molecular flexibility index (Phi) is 4.04. The van der Waals surface area contributed by atoms with E-state index in [4.69, 9.17) is 11.6 Å². The van der Waals surface area contributed by atoms with E-state index >= 15 is 0 Å². The summed E-state index contributed by atoms with van der Waals surface area (Å²) in [6, 6.07) is 15.4. The van der Waals surface area contributed by atoms with Gasteiger partial charge >= 0.3 is 0 Å². The molecular weight excluding hydrogens is 273 g/mol. The minimum Gasteiger partial charge on any atom is -0.310 e. The van der Waals surface area contributed by atoms with Crippen molar-refractivity contribution in [3.05, 3.63) is 70.5 Å². The fourth-order valence-corrected chi connectivity index (χ4v) is 3.03. The summed E-state index contributed by atoms with van der Waals surface area (Å²) in [4.78, 5) is 0. The maximum Gasteiger partial charge on any atom is 0.127 e. The van der Waals surface area contributed by atoms with Crippen LogP contribution >= 0.6 is 11.6 Å². The van der Waals surface area contributed by atoms with Crippen LogP contribution in [-0.2, 0) is 6.54 Å². The van der Waals surface area contributed by atoms with Crippen molar-refractivity contribution in [1.29, 1.82) is 0 Å². The Morgan fingerprint density at radius 2 is 1.75 bits per heavy atom. The van der Waals surface area contributed by atoms with E-state index in [2.05, 4.69) is 11.4 Å². The molecule has 0 heterocycles. The van der Waals surface area contributed by atoms with Crippen molar-refractivity contribution in [2.45, 2.75) is 31.3 Å². The molecule has 1 nitrogen and oxygen atoms in total. The van der Waals surface area contributed by atoms with Crippen molar-refractivity contribution in [3.8, 4) is 0 Å². The zero-order chi connectivity index (χ0) is 13.9. The monoisotopic (exact) mass is 289 g/mol. The Hall–Kier alpha value is -1.38. The predicted molar refractivity (Wildman–Crippen MR) is 80.5 cm³/mol. The van der Waals surface area contributed by atoms with Gasteiger partial charge in [-0.2, -0.15) is 0 Å². The van der Waals surface area contributed by atoms with E-state index in [1.165, 1.54) is 11.6 Å². The number of nitrogens with one attached hydrogen (secondary N) is 1. The predicted octanol–water partition coefficient (Wildman–Crippen LogP) is 4.51. The van der Waals surface area contributed by atoms with Gasteiger partial charge in [-0.05, 0) is 36.5 Å². The molecule has 1 saturated carbocycles. The lowest BCUT2D eigenvalue weighted by Gasteiger charge is -2.37. The van der Waals surface area contributed by atoms with Crippen LogP contribution in [-0.4, -0.2) is 6.04 Å². The van der Waals surface area contributed by atoms with Crippen LogP contribution in [0.15, 0.2) is 48.5 Å². The highest BCUT2D eigenvalue weighted by molar-refractivity contribution is 6.31. The van der Waals surface area contributed by atoms with Gasteiger partial charge in [0.2, 0.25) is 0 Å². The molecule has 2 aromatic rings. The molecule has 0 atom stereocenters. The first-order valence-electron chi connectivity index (χ1n) is 6.95. The molecule has 0 radical (unpaired) electrons. The lowest BCUT2D eigenvalue weighted by molar-refractivity contribution is 0.288. The smallest absolute Gasteiger partial charge is 0.127 e. The van der Waals surface area contributed by atoms with Crippen LogP contribution in [0, 0.1) is 5.82 Å². The van der Waals surface area contributed by atoms with Gasteiger partial charge in [0.1, 0.15) is 5.82 Å². The van der Waals surface area contributed by atoms with Gasteiger partial charge < -0.3 is 5.32 Å². The van der Waals surface area contributed by atoms with Gasteiger partial charge in [-0.15, -0.1) is 0 Å². The Labute approximate surface area is 123 Å². The SMILES string of the molecule is Fc1ccccc1CNC1CC(c2ccccc2Cl)C1. The summed E-state index contributed by atoms with van der Waals surface area (Å²) in [5.41, 5.74) is 1.96. The molecule has 3 rings (SSSR count). The number of hydrogen-bond acceptors (Lipinski definition) is 1. The molecule has 2 aromatic carbocycles. The molecular formula is C17H17ClFN. The topological polar surface area (TPSA) is 12.0 Å². The number of hydrogen-bond donors (Lipinski definition) is 1. The minimum atomic E-state index is -0.137. The largest absolute Gasteiger partial charge is 0.310 e. The molecule has 20 heavy (non-hydrogen) atoms. The molecule has 0 aromatic heterocycles. The molecule has 1 aliphatic carbocycles. The molecule has 1 N–H and O–H groups in total. The maximum atomic E-state index is 13.5. The molecule has 0 amide bonds. The first-order valence-corrected chi connectivity index (χ1v) is 7.33. The van der Waals surface area contributed by atoms with Crippen LogP contribution in [0.25, 0.3) is 0 Å². The summed E-state index contributed by atoms with van der Waals surface area (Å²) in [7, 11) is 0. The Balaban J connectivity index is 1.52. The van der Waals surface area contributed by atoms with E-state index in [0.29, 0.717) is 18.5 Å². The molecule has 3 heteroatoms. The summed E-state index contributed by atoms with van der Waals surface area (Å²) < 4.78 is 13.5. The Bertz CT molecular complexity index is 590. The van der Waals surface area contributed by atoms with Gasteiger partial charge in [0.25, 0.3) is 0 Å². The van der Waals surface area contributed by atoms with Crippen LogP contribution in [0.2, 0.25) is 5.02 Å². The quantitative estimate of drug-likeness (QED) is 0.873. The summed E-state index contributed by atoms with van der Waals surface area (Å²) in [6.45, 7) is 0.590. The molecule has 1 fully saturated rings. The third kappa shape index (κ3) is 2.87. The highest BCUT2D eigenvalue weighted by Crippen LogP contribution is 2.39. The van der Waals surface area contributed by atoms with Crippen LogP contribution < -0.4 is 5.32 Å². The van der Waals surface area contributed by atoms with Crippen LogP contribution in [0.5, 0.6) is 0 Å². The highest BCUT2D eigenvalue weighted by Gasteiger charge is 2.30. The van der Waals surface area contributed by atoms with Crippen LogP contribution in [0.1, 0.15) is 29.9 Å².